The molecule has 0 atom stereocenters. The molecule has 2 aromatic rings. The fourth-order valence-electron chi connectivity index (χ4n) is 2.02. The predicted octanol–water partition coefficient (Wildman–Crippen LogP) is 3.49. The van der Waals surface area contributed by atoms with Gasteiger partial charge in [0.15, 0.2) is 0 Å². The van der Waals surface area contributed by atoms with Gasteiger partial charge in [-0.2, -0.15) is 0 Å². The Hall–Kier alpha value is -1.59. The summed E-state index contributed by atoms with van der Waals surface area (Å²) in [5, 5.41) is 0.947. The van der Waals surface area contributed by atoms with Crippen LogP contribution in [0.4, 0.5) is 0 Å². The fraction of sp³-hybridized carbons (Fsp3) is 0.438. The molecular formula is C16H22N2O2S. The third kappa shape index (κ3) is 3.95. The van der Waals surface area contributed by atoms with Crippen molar-refractivity contribution in [2.45, 2.75) is 39.3 Å². The Morgan fingerprint density at radius 3 is 2.52 bits per heavy atom. The van der Waals surface area contributed by atoms with Crippen molar-refractivity contribution in [2.24, 2.45) is 5.73 Å². The van der Waals surface area contributed by atoms with E-state index in [0.717, 1.165) is 27.1 Å². The van der Waals surface area contributed by atoms with Gasteiger partial charge >= 0.3 is 0 Å². The molecule has 1 heterocycles. The van der Waals surface area contributed by atoms with Crippen LogP contribution in [-0.2, 0) is 18.6 Å². The highest BCUT2D eigenvalue weighted by Gasteiger charge is 2.22. The average molecular weight is 306 g/mol. The molecule has 21 heavy (non-hydrogen) atoms. The molecule has 0 saturated heterocycles. The molecule has 114 valence electrons. The molecule has 1 aromatic heterocycles. The number of benzene rings is 1. The number of thiazole rings is 1. The second-order valence-electron chi connectivity index (χ2n) is 5.80. The summed E-state index contributed by atoms with van der Waals surface area (Å²) in [6.07, 6.45) is 0. The van der Waals surface area contributed by atoms with Crippen molar-refractivity contribution in [2.75, 3.05) is 7.11 Å². The first-order valence-corrected chi connectivity index (χ1v) is 7.71. The van der Waals surface area contributed by atoms with E-state index in [0.29, 0.717) is 13.2 Å². The van der Waals surface area contributed by atoms with Crippen LogP contribution in [0.5, 0.6) is 11.5 Å². The summed E-state index contributed by atoms with van der Waals surface area (Å²) >= 11 is 1.62. The van der Waals surface area contributed by atoms with Crippen LogP contribution < -0.4 is 15.2 Å². The lowest BCUT2D eigenvalue weighted by Crippen LogP contribution is -2.15. The Balaban J connectivity index is 2.11. The van der Waals surface area contributed by atoms with Gasteiger partial charge in [-0.15, -0.1) is 11.3 Å². The van der Waals surface area contributed by atoms with E-state index in [-0.39, 0.29) is 5.41 Å². The van der Waals surface area contributed by atoms with E-state index in [4.69, 9.17) is 20.2 Å². The summed E-state index contributed by atoms with van der Waals surface area (Å²) < 4.78 is 11.0. The largest absolute Gasteiger partial charge is 0.497 e. The molecule has 0 aliphatic rings. The molecule has 0 aliphatic heterocycles. The van der Waals surface area contributed by atoms with Crippen LogP contribution in [0.3, 0.4) is 0 Å². The second-order valence-corrected chi connectivity index (χ2v) is 6.97. The SMILES string of the molecule is COc1cccc(OCc2nc(C(C)(C)C)c(CN)s2)c1. The van der Waals surface area contributed by atoms with Crippen LogP contribution in [0.15, 0.2) is 24.3 Å². The van der Waals surface area contributed by atoms with E-state index in [9.17, 15) is 0 Å². The minimum absolute atomic E-state index is 0.000575. The monoisotopic (exact) mass is 306 g/mol. The Bertz CT molecular complexity index is 603. The molecule has 2 rings (SSSR count). The Labute approximate surface area is 129 Å². The van der Waals surface area contributed by atoms with Crippen LogP contribution in [-0.4, -0.2) is 12.1 Å². The molecule has 4 nitrogen and oxygen atoms in total. The summed E-state index contributed by atoms with van der Waals surface area (Å²) in [7, 11) is 1.64. The van der Waals surface area contributed by atoms with Crippen molar-refractivity contribution in [1.29, 1.82) is 0 Å². The molecule has 0 aliphatic carbocycles. The Morgan fingerprint density at radius 1 is 1.24 bits per heavy atom. The van der Waals surface area contributed by atoms with Gasteiger partial charge in [-0.25, -0.2) is 4.98 Å². The standard InChI is InChI=1S/C16H22N2O2S/c1-16(2,3)15-13(9-17)21-14(18-15)10-20-12-7-5-6-11(8-12)19-4/h5-8H,9-10,17H2,1-4H3. The van der Waals surface area contributed by atoms with E-state index in [2.05, 4.69) is 20.8 Å². The summed E-state index contributed by atoms with van der Waals surface area (Å²) in [6, 6.07) is 7.56. The van der Waals surface area contributed by atoms with Crippen LogP contribution in [0, 0.1) is 0 Å². The van der Waals surface area contributed by atoms with E-state index >= 15 is 0 Å². The molecule has 0 radical (unpaired) electrons. The maximum Gasteiger partial charge on any atom is 0.140 e. The minimum atomic E-state index is -0.000575. The minimum Gasteiger partial charge on any atom is -0.497 e. The predicted molar refractivity (Wildman–Crippen MR) is 86.0 cm³/mol. The van der Waals surface area contributed by atoms with E-state index < -0.39 is 0 Å². The number of methoxy groups -OCH3 is 1. The molecule has 0 bridgehead atoms. The van der Waals surface area contributed by atoms with Crippen LogP contribution in [0.2, 0.25) is 0 Å². The lowest BCUT2D eigenvalue weighted by molar-refractivity contribution is 0.302. The number of hydrogen-bond donors (Lipinski definition) is 1. The number of ether oxygens (including phenoxy) is 2. The van der Waals surface area contributed by atoms with Crippen molar-refractivity contribution in [3.63, 3.8) is 0 Å². The first-order chi connectivity index (χ1) is 9.94. The molecule has 1 aromatic carbocycles. The van der Waals surface area contributed by atoms with Crippen molar-refractivity contribution in [3.05, 3.63) is 39.8 Å². The lowest BCUT2D eigenvalue weighted by Gasteiger charge is -2.16. The smallest absolute Gasteiger partial charge is 0.140 e. The molecular weight excluding hydrogens is 284 g/mol. The Morgan fingerprint density at radius 2 is 1.95 bits per heavy atom. The molecule has 0 fully saturated rings. The zero-order valence-corrected chi connectivity index (χ0v) is 13.8. The maximum absolute atomic E-state index is 5.82. The van der Waals surface area contributed by atoms with Gasteiger partial charge in [0, 0.05) is 22.9 Å². The molecule has 0 spiro atoms. The highest BCUT2D eigenvalue weighted by atomic mass is 32.1. The lowest BCUT2D eigenvalue weighted by atomic mass is 9.91. The van der Waals surface area contributed by atoms with Gasteiger partial charge in [0.2, 0.25) is 0 Å². The van der Waals surface area contributed by atoms with E-state index in [1.165, 1.54) is 0 Å². The maximum atomic E-state index is 5.82. The van der Waals surface area contributed by atoms with Crippen LogP contribution >= 0.6 is 11.3 Å². The quantitative estimate of drug-likeness (QED) is 0.918. The fourth-order valence-corrected chi connectivity index (χ4v) is 3.09. The summed E-state index contributed by atoms with van der Waals surface area (Å²) in [5.41, 5.74) is 6.89. The van der Waals surface area contributed by atoms with Gasteiger partial charge in [0.1, 0.15) is 23.1 Å². The van der Waals surface area contributed by atoms with Crippen LogP contribution in [0.1, 0.15) is 36.3 Å². The van der Waals surface area contributed by atoms with Crippen molar-refractivity contribution >= 4 is 11.3 Å². The first kappa shape index (κ1) is 15.8. The van der Waals surface area contributed by atoms with Gasteiger partial charge in [-0.05, 0) is 12.1 Å². The molecule has 0 unspecified atom stereocenters. The second kappa shape index (κ2) is 6.45. The summed E-state index contributed by atoms with van der Waals surface area (Å²) in [5.74, 6) is 1.56. The highest BCUT2D eigenvalue weighted by molar-refractivity contribution is 7.11. The number of aromatic nitrogens is 1. The van der Waals surface area contributed by atoms with Gasteiger partial charge in [-0.3, -0.25) is 0 Å². The third-order valence-electron chi connectivity index (χ3n) is 3.04. The van der Waals surface area contributed by atoms with Crippen molar-refractivity contribution in [3.8, 4) is 11.5 Å². The van der Waals surface area contributed by atoms with Crippen LogP contribution in [0.25, 0.3) is 0 Å². The average Bonchev–Trinajstić information content (AvgIpc) is 2.89. The van der Waals surface area contributed by atoms with E-state index in [1.807, 2.05) is 24.3 Å². The van der Waals surface area contributed by atoms with E-state index in [1.54, 1.807) is 18.4 Å². The number of rotatable bonds is 5. The zero-order valence-electron chi connectivity index (χ0n) is 13.0. The normalized spacial score (nSPS) is 11.5. The number of nitrogens with two attached hydrogens (primary N) is 1. The Kier molecular flexibility index (Phi) is 4.85. The molecule has 5 heteroatoms. The number of hydrogen-bond acceptors (Lipinski definition) is 5. The highest BCUT2D eigenvalue weighted by Crippen LogP contribution is 2.30. The zero-order chi connectivity index (χ0) is 15.5. The molecule has 0 amide bonds. The van der Waals surface area contributed by atoms with Crippen molar-refractivity contribution in [1.82, 2.24) is 4.98 Å². The molecule has 2 N–H and O–H groups in total. The summed E-state index contributed by atoms with van der Waals surface area (Å²) in [6.45, 7) is 7.40. The first-order valence-electron chi connectivity index (χ1n) is 6.90. The van der Waals surface area contributed by atoms with Gasteiger partial charge in [0.25, 0.3) is 0 Å². The topological polar surface area (TPSA) is 57.4 Å². The summed E-state index contributed by atoms with van der Waals surface area (Å²) in [4.78, 5) is 5.82. The van der Waals surface area contributed by atoms with Gasteiger partial charge < -0.3 is 15.2 Å². The van der Waals surface area contributed by atoms with Gasteiger partial charge in [0.05, 0.1) is 12.8 Å². The van der Waals surface area contributed by atoms with Crippen molar-refractivity contribution < 1.29 is 9.47 Å². The molecule has 0 saturated carbocycles. The number of nitrogens with zero attached hydrogens (tertiary/aromatic N) is 1. The van der Waals surface area contributed by atoms with Gasteiger partial charge in [-0.1, -0.05) is 26.8 Å². The third-order valence-corrected chi connectivity index (χ3v) is 4.09.